The highest BCUT2D eigenvalue weighted by Crippen LogP contribution is 2.20. The monoisotopic (exact) mass is 283 g/mol. The molecule has 1 N–H and O–H groups in total. The third-order valence-electron chi connectivity index (χ3n) is 3.77. The maximum Gasteiger partial charge on any atom is 0.180 e. The van der Waals surface area contributed by atoms with Gasteiger partial charge in [0.2, 0.25) is 0 Å². The van der Waals surface area contributed by atoms with Crippen molar-refractivity contribution in [3.8, 4) is 0 Å². The molecule has 4 heteroatoms. The van der Waals surface area contributed by atoms with Crippen LogP contribution in [0.15, 0.2) is 23.1 Å². The summed E-state index contributed by atoms with van der Waals surface area (Å²) in [4.78, 5) is 0.460. The number of rotatable bonds is 6. The van der Waals surface area contributed by atoms with Crippen molar-refractivity contribution in [1.29, 1.82) is 0 Å². The van der Waals surface area contributed by atoms with Gasteiger partial charge in [-0.1, -0.05) is 38.0 Å². The molecule has 1 rings (SSSR count). The summed E-state index contributed by atoms with van der Waals surface area (Å²) >= 11 is 0. The van der Waals surface area contributed by atoms with Crippen molar-refractivity contribution in [2.45, 2.75) is 45.1 Å². The van der Waals surface area contributed by atoms with E-state index in [0.29, 0.717) is 10.8 Å². The summed E-state index contributed by atoms with van der Waals surface area (Å²) in [5.74, 6) is 0.494. The van der Waals surface area contributed by atoms with Crippen LogP contribution in [0.25, 0.3) is 0 Å². The average molecular weight is 283 g/mol. The van der Waals surface area contributed by atoms with Crippen molar-refractivity contribution in [3.05, 3.63) is 29.3 Å². The molecule has 0 aliphatic carbocycles. The van der Waals surface area contributed by atoms with Gasteiger partial charge in [0.15, 0.2) is 9.84 Å². The summed E-state index contributed by atoms with van der Waals surface area (Å²) in [5.41, 5.74) is 1.92. The van der Waals surface area contributed by atoms with Gasteiger partial charge in [-0.3, -0.25) is 0 Å². The van der Waals surface area contributed by atoms with Crippen molar-refractivity contribution in [1.82, 2.24) is 5.32 Å². The largest absolute Gasteiger partial charge is 0.316 e. The molecule has 0 aromatic heterocycles. The maximum absolute atomic E-state index is 12.5. The van der Waals surface area contributed by atoms with Gasteiger partial charge < -0.3 is 5.32 Å². The average Bonchev–Trinajstić information content (AvgIpc) is 2.34. The lowest BCUT2D eigenvalue weighted by Gasteiger charge is -2.22. The second kappa shape index (κ2) is 6.53. The summed E-state index contributed by atoms with van der Waals surface area (Å²) in [5, 5.41) is 3.13. The van der Waals surface area contributed by atoms with E-state index in [-0.39, 0.29) is 11.8 Å². The Labute approximate surface area is 117 Å². The lowest BCUT2D eigenvalue weighted by molar-refractivity contribution is 0.414. The highest BCUT2D eigenvalue weighted by atomic mass is 32.2. The fourth-order valence-corrected chi connectivity index (χ4v) is 4.26. The molecular formula is C15H25NO2S. The zero-order valence-electron chi connectivity index (χ0n) is 12.5. The van der Waals surface area contributed by atoms with Crippen LogP contribution in [0, 0.1) is 19.8 Å². The standard InChI is InChI=1S/C15H25NO2S/c1-6-12(3)14(16-5)10-19(17,18)15-8-7-11(2)9-13(15)4/h7-9,12,14,16H,6,10H2,1-5H3. The first-order chi connectivity index (χ1) is 8.81. The summed E-state index contributed by atoms with van der Waals surface area (Å²) in [7, 11) is -1.41. The molecule has 1 aromatic carbocycles. The summed E-state index contributed by atoms with van der Waals surface area (Å²) in [6.07, 6.45) is 0.966. The van der Waals surface area contributed by atoms with Crippen molar-refractivity contribution in [3.63, 3.8) is 0 Å². The summed E-state index contributed by atoms with van der Waals surface area (Å²) in [6, 6.07) is 5.50. The molecule has 0 aliphatic rings. The highest BCUT2D eigenvalue weighted by Gasteiger charge is 2.24. The molecule has 0 heterocycles. The van der Waals surface area contributed by atoms with E-state index in [9.17, 15) is 8.42 Å². The van der Waals surface area contributed by atoms with Gasteiger partial charge in [-0.25, -0.2) is 8.42 Å². The van der Waals surface area contributed by atoms with Crippen molar-refractivity contribution < 1.29 is 8.42 Å². The van der Waals surface area contributed by atoms with Crippen LogP contribution < -0.4 is 5.32 Å². The van der Waals surface area contributed by atoms with Crippen LogP contribution in [0.5, 0.6) is 0 Å². The zero-order chi connectivity index (χ0) is 14.6. The van der Waals surface area contributed by atoms with E-state index >= 15 is 0 Å². The normalized spacial score (nSPS) is 15.2. The molecule has 0 saturated carbocycles. The molecule has 0 spiro atoms. The van der Waals surface area contributed by atoms with Gasteiger partial charge in [-0.05, 0) is 38.4 Å². The molecule has 3 nitrogen and oxygen atoms in total. The highest BCUT2D eigenvalue weighted by molar-refractivity contribution is 7.91. The van der Waals surface area contributed by atoms with E-state index in [1.807, 2.05) is 33.0 Å². The Hall–Kier alpha value is -0.870. The van der Waals surface area contributed by atoms with E-state index in [4.69, 9.17) is 0 Å². The molecular weight excluding hydrogens is 258 g/mol. The molecule has 0 fully saturated rings. The second-order valence-corrected chi connectivity index (χ2v) is 7.33. The van der Waals surface area contributed by atoms with Crippen LogP contribution in [0.4, 0.5) is 0 Å². The third kappa shape index (κ3) is 4.05. The van der Waals surface area contributed by atoms with Crippen LogP contribution in [0.1, 0.15) is 31.4 Å². The Morgan fingerprint density at radius 1 is 1.26 bits per heavy atom. The van der Waals surface area contributed by atoms with Gasteiger partial charge in [0.05, 0.1) is 10.6 Å². The van der Waals surface area contributed by atoms with Gasteiger partial charge >= 0.3 is 0 Å². The number of hydrogen-bond donors (Lipinski definition) is 1. The molecule has 1 aromatic rings. The molecule has 0 aliphatic heterocycles. The Bertz CT molecular complexity index is 523. The number of sulfone groups is 1. The van der Waals surface area contributed by atoms with E-state index < -0.39 is 9.84 Å². The predicted octanol–water partition coefficient (Wildman–Crippen LogP) is 2.71. The Morgan fingerprint density at radius 2 is 1.89 bits per heavy atom. The van der Waals surface area contributed by atoms with Crippen LogP contribution in [-0.2, 0) is 9.84 Å². The molecule has 108 valence electrons. The van der Waals surface area contributed by atoms with Crippen molar-refractivity contribution >= 4 is 9.84 Å². The van der Waals surface area contributed by atoms with Gasteiger partial charge in [0.25, 0.3) is 0 Å². The summed E-state index contributed by atoms with van der Waals surface area (Å²) in [6.45, 7) is 7.99. The SMILES string of the molecule is CCC(C)C(CS(=O)(=O)c1ccc(C)cc1C)NC. The maximum atomic E-state index is 12.5. The first-order valence-electron chi connectivity index (χ1n) is 6.79. The lowest BCUT2D eigenvalue weighted by Crippen LogP contribution is -2.38. The van der Waals surface area contributed by atoms with E-state index in [1.165, 1.54) is 0 Å². The Morgan fingerprint density at radius 3 is 2.37 bits per heavy atom. The first-order valence-corrected chi connectivity index (χ1v) is 8.44. The first kappa shape index (κ1) is 16.2. The number of aryl methyl sites for hydroxylation is 2. The molecule has 2 unspecified atom stereocenters. The fourth-order valence-electron chi connectivity index (χ4n) is 2.29. The smallest absolute Gasteiger partial charge is 0.180 e. The summed E-state index contributed by atoms with van der Waals surface area (Å²) < 4.78 is 25.0. The van der Waals surface area contributed by atoms with Crippen LogP contribution >= 0.6 is 0 Å². The molecule has 0 amide bonds. The Kier molecular flexibility index (Phi) is 5.56. The molecule has 0 bridgehead atoms. The number of nitrogens with one attached hydrogen (secondary N) is 1. The van der Waals surface area contributed by atoms with Gasteiger partial charge in [0, 0.05) is 6.04 Å². The second-order valence-electron chi connectivity index (χ2n) is 5.33. The van der Waals surface area contributed by atoms with E-state index in [0.717, 1.165) is 17.5 Å². The van der Waals surface area contributed by atoms with Crippen LogP contribution in [0.3, 0.4) is 0 Å². The third-order valence-corrected chi connectivity index (χ3v) is 5.69. The van der Waals surface area contributed by atoms with Crippen molar-refractivity contribution in [2.75, 3.05) is 12.8 Å². The molecule has 0 saturated heterocycles. The fraction of sp³-hybridized carbons (Fsp3) is 0.600. The van der Waals surface area contributed by atoms with Crippen LogP contribution in [0.2, 0.25) is 0 Å². The minimum absolute atomic E-state index is 0.00398. The number of benzene rings is 1. The van der Waals surface area contributed by atoms with Gasteiger partial charge in [-0.2, -0.15) is 0 Å². The quantitative estimate of drug-likeness (QED) is 0.873. The number of hydrogen-bond acceptors (Lipinski definition) is 3. The topological polar surface area (TPSA) is 46.2 Å². The van der Waals surface area contributed by atoms with Crippen LogP contribution in [-0.4, -0.2) is 27.3 Å². The lowest BCUT2D eigenvalue weighted by atomic mass is 10.0. The molecule has 19 heavy (non-hydrogen) atoms. The van der Waals surface area contributed by atoms with Gasteiger partial charge in [-0.15, -0.1) is 0 Å². The van der Waals surface area contributed by atoms with E-state index in [1.54, 1.807) is 6.07 Å². The molecule has 0 radical (unpaired) electrons. The zero-order valence-corrected chi connectivity index (χ0v) is 13.3. The Balaban J connectivity index is 3.04. The predicted molar refractivity (Wildman–Crippen MR) is 80.3 cm³/mol. The minimum Gasteiger partial charge on any atom is -0.316 e. The van der Waals surface area contributed by atoms with Gasteiger partial charge in [0.1, 0.15) is 0 Å². The van der Waals surface area contributed by atoms with Crippen molar-refractivity contribution in [2.24, 2.45) is 5.92 Å². The van der Waals surface area contributed by atoms with E-state index in [2.05, 4.69) is 19.2 Å². The minimum atomic E-state index is -3.24. The molecule has 2 atom stereocenters.